The number of fused-ring (bicyclic) bond motifs is 1. The fourth-order valence-corrected chi connectivity index (χ4v) is 3.69. The predicted molar refractivity (Wildman–Crippen MR) is 117 cm³/mol. The molecule has 0 saturated heterocycles. The number of carbonyl (C=O) groups excluding carboxylic acids is 1. The molecule has 0 saturated carbocycles. The molecule has 0 aliphatic rings. The van der Waals surface area contributed by atoms with Gasteiger partial charge < -0.3 is 10.3 Å². The van der Waals surface area contributed by atoms with E-state index < -0.39 is 0 Å². The molecule has 3 aromatic carbocycles. The van der Waals surface area contributed by atoms with Crippen LogP contribution in [0.25, 0.3) is 11.0 Å². The first-order valence-electron chi connectivity index (χ1n) is 9.17. The molecule has 6 heteroatoms. The van der Waals surface area contributed by atoms with Crippen LogP contribution in [0.15, 0.2) is 82.5 Å². The predicted octanol–water partition coefficient (Wildman–Crippen LogP) is 4.78. The van der Waals surface area contributed by atoms with E-state index in [1.165, 1.54) is 11.8 Å². The van der Waals surface area contributed by atoms with Crippen LogP contribution in [0.4, 0.5) is 5.69 Å². The third-order valence-corrected chi connectivity index (χ3v) is 5.49. The van der Waals surface area contributed by atoms with E-state index in [4.69, 9.17) is 0 Å². The smallest absolute Gasteiger partial charge is 0.271 e. The molecule has 4 aromatic rings. The Hall–Kier alpha value is -3.38. The highest BCUT2D eigenvalue weighted by Gasteiger charge is 2.08. The summed E-state index contributed by atoms with van der Waals surface area (Å²) < 4.78 is 0. The number of hydrogen-bond donors (Lipinski definition) is 2. The minimum absolute atomic E-state index is 0.141. The lowest BCUT2D eigenvalue weighted by molar-refractivity contribution is 0.102. The SMILES string of the molecule is Cc1ccc(C(=O)Nc2ccc(SCc3nc4ccccc4[nH]c3=O)cc2)cc1. The van der Waals surface area contributed by atoms with E-state index in [1.54, 1.807) is 0 Å². The molecule has 0 aliphatic carbocycles. The molecular weight excluding hydrogens is 382 g/mol. The number of hydrogen-bond acceptors (Lipinski definition) is 4. The van der Waals surface area contributed by atoms with Gasteiger partial charge >= 0.3 is 0 Å². The minimum atomic E-state index is -0.168. The Bertz CT molecular complexity index is 1220. The van der Waals surface area contributed by atoms with Crippen LogP contribution < -0.4 is 10.9 Å². The molecular formula is C23H19N3O2S. The number of anilines is 1. The largest absolute Gasteiger partial charge is 0.322 e. The molecule has 144 valence electrons. The van der Waals surface area contributed by atoms with Crippen molar-refractivity contribution in [3.63, 3.8) is 0 Å². The molecule has 2 N–H and O–H groups in total. The summed E-state index contributed by atoms with van der Waals surface area (Å²) in [5.41, 5.74) is 4.29. The van der Waals surface area contributed by atoms with Crippen molar-refractivity contribution in [2.45, 2.75) is 17.6 Å². The van der Waals surface area contributed by atoms with Crippen LogP contribution in [-0.2, 0) is 5.75 Å². The maximum atomic E-state index is 12.3. The summed E-state index contributed by atoms with van der Waals surface area (Å²) in [4.78, 5) is 32.8. The van der Waals surface area contributed by atoms with E-state index in [9.17, 15) is 9.59 Å². The monoisotopic (exact) mass is 401 g/mol. The Morgan fingerprint density at radius 2 is 1.72 bits per heavy atom. The van der Waals surface area contributed by atoms with Gasteiger partial charge in [0.25, 0.3) is 11.5 Å². The first-order valence-corrected chi connectivity index (χ1v) is 10.2. The molecule has 1 aromatic heterocycles. The highest BCUT2D eigenvalue weighted by Crippen LogP contribution is 2.23. The van der Waals surface area contributed by atoms with E-state index in [-0.39, 0.29) is 11.5 Å². The number of aryl methyl sites for hydroxylation is 1. The van der Waals surface area contributed by atoms with E-state index in [0.29, 0.717) is 17.0 Å². The summed E-state index contributed by atoms with van der Waals surface area (Å²) >= 11 is 1.53. The topological polar surface area (TPSA) is 74.8 Å². The summed E-state index contributed by atoms with van der Waals surface area (Å²) in [6, 6.07) is 22.5. The lowest BCUT2D eigenvalue weighted by Crippen LogP contribution is -2.14. The molecule has 1 amide bonds. The number of aromatic amines is 1. The summed E-state index contributed by atoms with van der Waals surface area (Å²) in [6.45, 7) is 1.99. The highest BCUT2D eigenvalue weighted by atomic mass is 32.2. The summed E-state index contributed by atoms with van der Waals surface area (Å²) in [5.74, 6) is 0.326. The number of carbonyl (C=O) groups is 1. The molecule has 5 nitrogen and oxygen atoms in total. The molecule has 4 rings (SSSR count). The van der Waals surface area contributed by atoms with E-state index in [1.807, 2.05) is 79.7 Å². The second-order valence-electron chi connectivity index (χ2n) is 6.66. The van der Waals surface area contributed by atoms with Crippen molar-refractivity contribution in [3.8, 4) is 0 Å². The van der Waals surface area contributed by atoms with Crippen LogP contribution in [0.2, 0.25) is 0 Å². The number of amides is 1. The zero-order valence-corrected chi connectivity index (χ0v) is 16.6. The number of thioether (sulfide) groups is 1. The Labute approximate surface area is 172 Å². The number of para-hydroxylation sites is 2. The van der Waals surface area contributed by atoms with E-state index in [0.717, 1.165) is 27.2 Å². The first kappa shape index (κ1) is 19.0. The zero-order valence-electron chi connectivity index (χ0n) is 15.8. The average Bonchev–Trinajstić information content (AvgIpc) is 2.73. The molecule has 0 bridgehead atoms. The van der Waals surface area contributed by atoms with Gasteiger partial charge in [-0.15, -0.1) is 11.8 Å². The number of rotatable bonds is 5. The van der Waals surface area contributed by atoms with Crippen molar-refractivity contribution >= 4 is 34.4 Å². The lowest BCUT2D eigenvalue weighted by Gasteiger charge is -2.07. The van der Waals surface area contributed by atoms with Crippen LogP contribution >= 0.6 is 11.8 Å². The Kier molecular flexibility index (Phi) is 5.44. The fourth-order valence-electron chi connectivity index (χ4n) is 2.86. The van der Waals surface area contributed by atoms with Crippen molar-refractivity contribution in [2.24, 2.45) is 0 Å². The number of H-pyrrole nitrogens is 1. The van der Waals surface area contributed by atoms with Crippen molar-refractivity contribution < 1.29 is 4.79 Å². The number of benzene rings is 3. The van der Waals surface area contributed by atoms with E-state index in [2.05, 4.69) is 15.3 Å². The Balaban J connectivity index is 1.41. The van der Waals surface area contributed by atoms with Gasteiger partial charge in [-0.1, -0.05) is 29.8 Å². The third-order valence-electron chi connectivity index (χ3n) is 4.47. The molecule has 0 unspecified atom stereocenters. The summed E-state index contributed by atoms with van der Waals surface area (Å²) in [5, 5.41) is 2.89. The van der Waals surface area contributed by atoms with Crippen LogP contribution in [-0.4, -0.2) is 15.9 Å². The fraction of sp³-hybridized carbons (Fsp3) is 0.0870. The van der Waals surface area contributed by atoms with Gasteiger partial charge in [0.15, 0.2) is 0 Å². The molecule has 0 radical (unpaired) electrons. The normalized spacial score (nSPS) is 10.8. The molecule has 29 heavy (non-hydrogen) atoms. The third kappa shape index (κ3) is 4.55. The van der Waals surface area contributed by atoms with Crippen LogP contribution in [0, 0.1) is 6.92 Å². The summed E-state index contributed by atoms with van der Waals surface area (Å²) in [7, 11) is 0. The quantitative estimate of drug-likeness (QED) is 0.472. The molecule has 0 aliphatic heterocycles. The maximum Gasteiger partial charge on any atom is 0.271 e. The molecule has 0 fully saturated rings. The lowest BCUT2D eigenvalue weighted by atomic mass is 10.1. The van der Waals surface area contributed by atoms with Gasteiger partial charge in [0.2, 0.25) is 0 Å². The Morgan fingerprint density at radius 1 is 1.00 bits per heavy atom. The van der Waals surface area contributed by atoms with Gasteiger partial charge in [0.1, 0.15) is 5.69 Å². The van der Waals surface area contributed by atoms with Gasteiger partial charge in [-0.25, -0.2) is 4.98 Å². The summed E-state index contributed by atoms with van der Waals surface area (Å²) in [6.07, 6.45) is 0. The molecule has 0 spiro atoms. The van der Waals surface area contributed by atoms with Gasteiger partial charge in [0, 0.05) is 21.9 Å². The van der Waals surface area contributed by atoms with Crippen molar-refractivity contribution in [2.75, 3.05) is 5.32 Å². The standard InChI is InChI=1S/C23H19N3O2S/c1-15-6-8-16(9-7-15)22(27)24-17-10-12-18(13-11-17)29-14-21-23(28)26-20-5-3-2-4-19(20)25-21/h2-13H,14H2,1H3,(H,24,27)(H,26,28). The maximum absolute atomic E-state index is 12.3. The Morgan fingerprint density at radius 3 is 2.48 bits per heavy atom. The number of nitrogens with one attached hydrogen (secondary N) is 2. The van der Waals surface area contributed by atoms with E-state index >= 15 is 0 Å². The van der Waals surface area contributed by atoms with Crippen molar-refractivity contribution in [1.29, 1.82) is 0 Å². The number of nitrogens with zero attached hydrogens (tertiary/aromatic N) is 1. The second-order valence-corrected chi connectivity index (χ2v) is 7.71. The van der Waals surface area contributed by atoms with Gasteiger partial charge in [-0.3, -0.25) is 9.59 Å². The van der Waals surface area contributed by atoms with Gasteiger partial charge in [-0.2, -0.15) is 0 Å². The van der Waals surface area contributed by atoms with Crippen molar-refractivity contribution in [1.82, 2.24) is 9.97 Å². The van der Waals surface area contributed by atoms with Crippen molar-refractivity contribution in [3.05, 3.63) is 100.0 Å². The van der Waals surface area contributed by atoms with Gasteiger partial charge in [-0.05, 0) is 55.5 Å². The minimum Gasteiger partial charge on any atom is -0.322 e. The molecule has 0 atom stereocenters. The average molecular weight is 401 g/mol. The van der Waals surface area contributed by atoms with Crippen LogP contribution in [0.1, 0.15) is 21.6 Å². The van der Waals surface area contributed by atoms with Gasteiger partial charge in [0.05, 0.1) is 11.0 Å². The second kappa shape index (κ2) is 8.32. The molecule has 1 heterocycles. The highest BCUT2D eigenvalue weighted by molar-refractivity contribution is 7.98. The van der Waals surface area contributed by atoms with Crippen LogP contribution in [0.3, 0.4) is 0 Å². The number of aromatic nitrogens is 2. The zero-order chi connectivity index (χ0) is 20.2. The first-order chi connectivity index (χ1) is 14.1. The van der Waals surface area contributed by atoms with Crippen LogP contribution in [0.5, 0.6) is 0 Å².